The van der Waals surface area contributed by atoms with Crippen molar-refractivity contribution in [1.29, 1.82) is 0 Å². The molecule has 0 radical (unpaired) electrons. The maximum atomic E-state index is 13.5. The van der Waals surface area contributed by atoms with E-state index in [2.05, 4.69) is 21.2 Å². The van der Waals surface area contributed by atoms with Crippen LogP contribution < -0.4 is 16.2 Å². The van der Waals surface area contributed by atoms with Gasteiger partial charge >= 0.3 is 0 Å². The Labute approximate surface area is 152 Å². The molecule has 0 saturated carbocycles. The lowest BCUT2D eigenvalue weighted by Crippen LogP contribution is -2.39. The number of carbonyl (C=O) groups is 1. The molecule has 1 aliphatic heterocycles. The highest BCUT2D eigenvalue weighted by Gasteiger charge is 2.30. The summed E-state index contributed by atoms with van der Waals surface area (Å²) in [4.78, 5) is 15.4. The number of aromatic nitrogens is 1. The first-order valence-corrected chi connectivity index (χ1v) is 8.42. The van der Waals surface area contributed by atoms with E-state index in [4.69, 9.17) is 11.6 Å². The Hall–Kier alpha value is -2.48. The quantitative estimate of drug-likeness (QED) is 0.564. The van der Waals surface area contributed by atoms with Crippen LogP contribution in [0.4, 0.5) is 14.5 Å². The number of amides is 1. The number of carbonyl (C=O) groups excluding carboxylic acids is 1. The van der Waals surface area contributed by atoms with Gasteiger partial charge in [-0.05, 0) is 30.2 Å². The van der Waals surface area contributed by atoms with Crippen LogP contribution in [0, 0.1) is 11.6 Å². The average Bonchev–Trinajstić information content (AvgIpc) is 3.24. The third-order valence-corrected chi connectivity index (χ3v) is 4.69. The number of nitrogens with one attached hydrogen (secondary N) is 4. The van der Waals surface area contributed by atoms with Crippen LogP contribution in [0.1, 0.15) is 18.0 Å². The molecule has 0 aliphatic carbocycles. The number of hydrogen-bond donors (Lipinski definition) is 4. The second-order valence-corrected chi connectivity index (χ2v) is 6.62. The third kappa shape index (κ3) is 3.16. The highest BCUT2D eigenvalue weighted by molar-refractivity contribution is 6.30. The Morgan fingerprint density at radius 3 is 2.77 bits per heavy atom. The fourth-order valence-electron chi connectivity index (χ4n) is 3.11. The maximum Gasteiger partial charge on any atom is 0.242 e. The fraction of sp³-hybridized carbons (Fsp3) is 0.167. The van der Waals surface area contributed by atoms with Gasteiger partial charge in [-0.1, -0.05) is 23.7 Å². The molecule has 5 nitrogen and oxygen atoms in total. The van der Waals surface area contributed by atoms with Crippen LogP contribution in [0.5, 0.6) is 0 Å². The Bertz CT molecular complexity index is 990. The summed E-state index contributed by atoms with van der Waals surface area (Å²) in [6, 6.07) is 9.01. The predicted molar refractivity (Wildman–Crippen MR) is 95.7 cm³/mol. The molecule has 4 rings (SSSR count). The predicted octanol–water partition coefficient (Wildman–Crippen LogP) is 3.65. The van der Waals surface area contributed by atoms with E-state index in [9.17, 15) is 13.6 Å². The second-order valence-electron chi connectivity index (χ2n) is 6.19. The molecule has 2 atom stereocenters. The van der Waals surface area contributed by atoms with Gasteiger partial charge < -0.3 is 10.3 Å². The van der Waals surface area contributed by atoms with E-state index in [1.807, 2.05) is 18.2 Å². The molecule has 2 heterocycles. The normalized spacial score (nSPS) is 19.8. The summed E-state index contributed by atoms with van der Waals surface area (Å²) < 4.78 is 26.8. The Kier molecular flexibility index (Phi) is 4.36. The van der Waals surface area contributed by atoms with Gasteiger partial charge in [0.1, 0.15) is 6.04 Å². The maximum absolute atomic E-state index is 13.5. The Morgan fingerprint density at radius 2 is 1.96 bits per heavy atom. The van der Waals surface area contributed by atoms with Crippen molar-refractivity contribution in [3.8, 4) is 0 Å². The van der Waals surface area contributed by atoms with Crippen LogP contribution in [0.25, 0.3) is 10.9 Å². The zero-order chi connectivity index (χ0) is 18.3. The minimum Gasteiger partial charge on any atom is -0.359 e. The number of halogens is 3. The van der Waals surface area contributed by atoms with Crippen molar-refractivity contribution < 1.29 is 13.6 Å². The van der Waals surface area contributed by atoms with Gasteiger partial charge in [-0.25, -0.2) is 19.6 Å². The van der Waals surface area contributed by atoms with Crippen molar-refractivity contribution >= 4 is 34.1 Å². The monoisotopic (exact) mass is 376 g/mol. The summed E-state index contributed by atoms with van der Waals surface area (Å²) in [6.45, 7) is 0. The molecule has 4 N–H and O–H groups in total. The lowest BCUT2D eigenvalue weighted by Gasteiger charge is -2.10. The van der Waals surface area contributed by atoms with Crippen molar-refractivity contribution in [2.75, 3.05) is 5.32 Å². The average molecular weight is 377 g/mol. The van der Waals surface area contributed by atoms with E-state index in [1.165, 1.54) is 6.20 Å². The van der Waals surface area contributed by atoms with E-state index in [0.29, 0.717) is 28.0 Å². The van der Waals surface area contributed by atoms with Crippen LogP contribution in [-0.4, -0.2) is 16.9 Å². The first-order valence-electron chi connectivity index (χ1n) is 8.05. The molecule has 134 valence electrons. The van der Waals surface area contributed by atoms with E-state index >= 15 is 0 Å². The van der Waals surface area contributed by atoms with Crippen molar-refractivity contribution in [3.63, 3.8) is 0 Å². The second kappa shape index (κ2) is 6.68. The molecule has 1 saturated heterocycles. The number of benzene rings is 2. The molecule has 0 bridgehead atoms. The van der Waals surface area contributed by atoms with Crippen molar-refractivity contribution in [3.05, 3.63) is 64.8 Å². The van der Waals surface area contributed by atoms with Gasteiger partial charge in [-0.2, -0.15) is 0 Å². The molecule has 1 aliphatic rings. The number of anilines is 1. The molecular weight excluding hydrogens is 362 g/mol. The van der Waals surface area contributed by atoms with Gasteiger partial charge in [0.15, 0.2) is 11.6 Å². The fourth-order valence-corrected chi connectivity index (χ4v) is 3.31. The summed E-state index contributed by atoms with van der Waals surface area (Å²) in [5.74, 6) is -2.18. The highest BCUT2D eigenvalue weighted by atomic mass is 35.5. The van der Waals surface area contributed by atoms with Crippen LogP contribution >= 0.6 is 11.6 Å². The Morgan fingerprint density at radius 1 is 1.15 bits per heavy atom. The van der Waals surface area contributed by atoms with Gasteiger partial charge in [-0.3, -0.25) is 4.79 Å². The minimum atomic E-state index is -0.964. The summed E-state index contributed by atoms with van der Waals surface area (Å²) in [7, 11) is 0. The van der Waals surface area contributed by atoms with Crippen molar-refractivity contribution in [2.24, 2.45) is 0 Å². The Balaban J connectivity index is 1.48. The van der Waals surface area contributed by atoms with Crippen molar-refractivity contribution in [2.45, 2.75) is 18.5 Å². The number of hydrazine groups is 1. The standard InChI is InChI=1S/C18H15ClF2N4O/c19-10-3-1-2-9(4-10)14-7-16(25-24-14)18(26)23-17-8-22-15-6-13(21)12(20)5-11(15)17/h1-6,8,14,16,22,24-25H,7H2,(H,23,26). The van der Waals surface area contributed by atoms with Gasteiger partial charge in [0.25, 0.3) is 0 Å². The van der Waals surface area contributed by atoms with E-state index in [0.717, 1.165) is 17.7 Å². The van der Waals surface area contributed by atoms with E-state index in [-0.39, 0.29) is 11.9 Å². The van der Waals surface area contributed by atoms with Gasteiger partial charge in [0, 0.05) is 28.7 Å². The van der Waals surface area contributed by atoms with Crippen LogP contribution in [0.15, 0.2) is 42.6 Å². The minimum absolute atomic E-state index is 0.0565. The van der Waals surface area contributed by atoms with Gasteiger partial charge in [-0.15, -0.1) is 0 Å². The van der Waals surface area contributed by atoms with Crippen LogP contribution in [0.2, 0.25) is 5.02 Å². The number of H-pyrrole nitrogens is 1. The largest absolute Gasteiger partial charge is 0.359 e. The van der Waals surface area contributed by atoms with Crippen LogP contribution in [-0.2, 0) is 4.79 Å². The first-order chi connectivity index (χ1) is 12.5. The summed E-state index contributed by atoms with van der Waals surface area (Å²) in [5, 5.41) is 3.79. The van der Waals surface area contributed by atoms with Crippen molar-refractivity contribution in [1.82, 2.24) is 15.8 Å². The molecule has 8 heteroatoms. The smallest absolute Gasteiger partial charge is 0.242 e. The number of hydrogen-bond acceptors (Lipinski definition) is 3. The molecule has 1 amide bonds. The molecule has 1 aromatic heterocycles. The zero-order valence-electron chi connectivity index (χ0n) is 13.4. The third-order valence-electron chi connectivity index (χ3n) is 4.45. The summed E-state index contributed by atoms with van der Waals surface area (Å²) in [5.41, 5.74) is 7.82. The van der Waals surface area contributed by atoms with Crippen LogP contribution in [0.3, 0.4) is 0 Å². The summed E-state index contributed by atoms with van der Waals surface area (Å²) in [6.07, 6.45) is 2.04. The number of fused-ring (bicyclic) bond motifs is 1. The molecule has 0 spiro atoms. The molecule has 26 heavy (non-hydrogen) atoms. The number of aromatic amines is 1. The van der Waals surface area contributed by atoms with Gasteiger partial charge in [0.2, 0.25) is 5.91 Å². The molecule has 2 aromatic carbocycles. The first kappa shape index (κ1) is 17.0. The zero-order valence-corrected chi connectivity index (χ0v) is 14.2. The van der Waals surface area contributed by atoms with E-state index < -0.39 is 17.7 Å². The molecule has 2 unspecified atom stereocenters. The highest BCUT2D eigenvalue weighted by Crippen LogP contribution is 2.28. The molecular formula is C18H15ClF2N4O. The SMILES string of the molecule is O=C(Nc1c[nH]c2cc(F)c(F)cc12)C1CC(c2cccc(Cl)c2)NN1. The molecule has 1 fully saturated rings. The lowest BCUT2D eigenvalue weighted by atomic mass is 10.0. The summed E-state index contributed by atoms with van der Waals surface area (Å²) >= 11 is 6.01. The van der Waals surface area contributed by atoms with E-state index in [1.54, 1.807) is 6.07 Å². The molecule has 3 aromatic rings. The van der Waals surface area contributed by atoms with Gasteiger partial charge in [0.05, 0.1) is 11.2 Å². The topological polar surface area (TPSA) is 69.0 Å². The number of rotatable bonds is 3. The lowest BCUT2D eigenvalue weighted by molar-refractivity contribution is -0.117.